The number of rotatable bonds is 7. The van der Waals surface area contributed by atoms with Crippen LogP contribution in [0, 0.1) is 0 Å². The topological polar surface area (TPSA) is 34.6 Å². The maximum Gasteiger partial charge on any atom is 0.179 e. The Balaban J connectivity index is 2.02. The monoisotopic (exact) mass is 286 g/mol. The highest BCUT2D eigenvalue weighted by atomic mass is 16.5. The van der Waals surface area contributed by atoms with Crippen molar-refractivity contribution in [1.82, 2.24) is 9.88 Å². The van der Waals surface area contributed by atoms with E-state index in [-0.39, 0.29) is 0 Å². The third-order valence-corrected chi connectivity index (χ3v) is 3.16. The highest BCUT2D eigenvalue weighted by Gasteiger charge is 2.08. The van der Waals surface area contributed by atoms with Gasteiger partial charge in [0.2, 0.25) is 0 Å². The van der Waals surface area contributed by atoms with Crippen LogP contribution in [0.25, 0.3) is 0 Å². The van der Waals surface area contributed by atoms with Crippen molar-refractivity contribution in [3.05, 3.63) is 53.9 Å². The van der Waals surface area contributed by atoms with Gasteiger partial charge in [-0.05, 0) is 19.7 Å². The van der Waals surface area contributed by atoms with Gasteiger partial charge in [-0.15, -0.1) is 0 Å². The maximum absolute atomic E-state index is 5.80. The fourth-order valence-corrected chi connectivity index (χ4v) is 1.94. The van der Waals surface area contributed by atoms with Gasteiger partial charge in [0, 0.05) is 24.7 Å². The molecule has 0 aliphatic heterocycles. The third-order valence-electron chi connectivity index (χ3n) is 3.16. The molecule has 1 aromatic heterocycles. The van der Waals surface area contributed by atoms with Crippen LogP contribution in [-0.4, -0.2) is 37.6 Å². The number of ether oxygens (including phenoxy) is 2. The van der Waals surface area contributed by atoms with Gasteiger partial charge in [0.25, 0.3) is 0 Å². The molecule has 0 bridgehead atoms. The van der Waals surface area contributed by atoms with Crippen LogP contribution in [0.5, 0.6) is 11.5 Å². The smallest absolute Gasteiger partial charge is 0.179 e. The fraction of sp³-hybridized carbons (Fsp3) is 0.353. The van der Waals surface area contributed by atoms with E-state index in [0.717, 1.165) is 30.0 Å². The highest BCUT2D eigenvalue weighted by Crippen LogP contribution is 2.27. The van der Waals surface area contributed by atoms with E-state index in [9.17, 15) is 0 Å². The average molecular weight is 286 g/mol. The first-order valence-corrected chi connectivity index (χ1v) is 7.03. The van der Waals surface area contributed by atoms with Crippen LogP contribution in [0.3, 0.4) is 0 Å². The quantitative estimate of drug-likeness (QED) is 0.784. The van der Waals surface area contributed by atoms with E-state index in [2.05, 4.69) is 24.0 Å². The molecule has 2 aromatic rings. The normalized spacial score (nSPS) is 10.7. The van der Waals surface area contributed by atoms with Gasteiger partial charge in [0.1, 0.15) is 6.61 Å². The Kier molecular flexibility index (Phi) is 5.58. The average Bonchev–Trinajstić information content (AvgIpc) is 2.52. The first-order chi connectivity index (χ1) is 10.2. The molecular formula is C17H22N2O2. The highest BCUT2D eigenvalue weighted by molar-refractivity contribution is 5.39. The largest absolute Gasteiger partial charge is 0.493 e. The van der Waals surface area contributed by atoms with Crippen molar-refractivity contribution in [2.75, 3.05) is 27.7 Å². The third kappa shape index (κ3) is 4.76. The van der Waals surface area contributed by atoms with Crippen LogP contribution in [-0.2, 0) is 13.0 Å². The van der Waals surface area contributed by atoms with Gasteiger partial charge < -0.3 is 14.4 Å². The number of nitrogens with zero attached hydrogens (tertiary/aromatic N) is 2. The SMILES string of the molecule is COc1cc(CCN(C)C)ncc1OCc1ccccc1. The summed E-state index contributed by atoms with van der Waals surface area (Å²) in [5.74, 6) is 1.41. The Morgan fingerprint density at radius 3 is 2.52 bits per heavy atom. The van der Waals surface area contributed by atoms with Crippen LogP contribution in [0.1, 0.15) is 11.3 Å². The summed E-state index contributed by atoms with van der Waals surface area (Å²) < 4.78 is 11.2. The number of benzene rings is 1. The lowest BCUT2D eigenvalue weighted by Crippen LogP contribution is -2.15. The standard InChI is InChI=1S/C17H22N2O2/c1-19(2)10-9-15-11-16(20-3)17(12-18-15)21-13-14-7-5-4-6-8-14/h4-8,11-12H,9-10,13H2,1-3H3. The van der Waals surface area contributed by atoms with Gasteiger partial charge in [0.15, 0.2) is 11.5 Å². The Morgan fingerprint density at radius 1 is 1.10 bits per heavy atom. The Bertz CT molecular complexity index is 556. The molecule has 4 nitrogen and oxygen atoms in total. The molecule has 0 saturated carbocycles. The molecule has 0 fully saturated rings. The zero-order valence-corrected chi connectivity index (χ0v) is 12.9. The number of likely N-dealkylation sites (N-methyl/N-ethyl adjacent to an activating group) is 1. The van der Waals surface area contributed by atoms with Crippen molar-refractivity contribution < 1.29 is 9.47 Å². The predicted octanol–water partition coefficient (Wildman–Crippen LogP) is 2.77. The summed E-state index contributed by atoms with van der Waals surface area (Å²) in [6.07, 6.45) is 2.63. The summed E-state index contributed by atoms with van der Waals surface area (Å²) in [5.41, 5.74) is 2.13. The molecule has 2 rings (SSSR count). The second-order valence-corrected chi connectivity index (χ2v) is 5.15. The zero-order valence-electron chi connectivity index (χ0n) is 12.9. The van der Waals surface area contributed by atoms with E-state index >= 15 is 0 Å². The number of hydrogen-bond acceptors (Lipinski definition) is 4. The summed E-state index contributed by atoms with van der Waals surface area (Å²) >= 11 is 0. The Labute approximate surface area is 126 Å². The maximum atomic E-state index is 5.80. The summed E-state index contributed by atoms with van der Waals surface area (Å²) in [4.78, 5) is 6.57. The van der Waals surface area contributed by atoms with Crippen molar-refractivity contribution >= 4 is 0 Å². The predicted molar refractivity (Wildman–Crippen MR) is 83.8 cm³/mol. The molecule has 21 heavy (non-hydrogen) atoms. The molecule has 0 unspecified atom stereocenters. The molecule has 0 N–H and O–H groups in total. The first-order valence-electron chi connectivity index (χ1n) is 7.03. The van der Waals surface area contributed by atoms with E-state index in [1.54, 1.807) is 13.3 Å². The van der Waals surface area contributed by atoms with Crippen LogP contribution in [0.15, 0.2) is 42.6 Å². The molecule has 1 heterocycles. The molecule has 0 aliphatic carbocycles. The van der Waals surface area contributed by atoms with E-state index in [4.69, 9.17) is 9.47 Å². The minimum atomic E-state index is 0.510. The lowest BCUT2D eigenvalue weighted by Gasteiger charge is -2.13. The first kappa shape index (κ1) is 15.3. The van der Waals surface area contributed by atoms with Crippen molar-refractivity contribution in [1.29, 1.82) is 0 Å². The van der Waals surface area contributed by atoms with Crippen LogP contribution in [0.2, 0.25) is 0 Å². The number of methoxy groups -OCH3 is 1. The molecule has 0 radical (unpaired) electrons. The van der Waals surface area contributed by atoms with Crippen molar-refractivity contribution in [2.45, 2.75) is 13.0 Å². The summed E-state index contributed by atoms with van der Waals surface area (Å²) in [7, 11) is 5.75. The molecule has 0 spiro atoms. The van der Waals surface area contributed by atoms with Crippen LogP contribution in [0.4, 0.5) is 0 Å². The number of aromatic nitrogens is 1. The molecule has 0 aliphatic rings. The fourth-order valence-electron chi connectivity index (χ4n) is 1.94. The molecule has 4 heteroatoms. The number of hydrogen-bond donors (Lipinski definition) is 0. The van der Waals surface area contributed by atoms with Crippen molar-refractivity contribution in [3.8, 4) is 11.5 Å². The second kappa shape index (κ2) is 7.64. The van der Waals surface area contributed by atoms with Gasteiger partial charge in [-0.1, -0.05) is 30.3 Å². The lowest BCUT2D eigenvalue weighted by molar-refractivity contribution is 0.282. The van der Waals surface area contributed by atoms with Crippen molar-refractivity contribution in [3.63, 3.8) is 0 Å². The van der Waals surface area contributed by atoms with Gasteiger partial charge in [-0.3, -0.25) is 4.98 Å². The van der Waals surface area contributed by atoms with Gasteiger partial charge >= 0.3 is 0 Å². The number of pyridine rings is 1. The van der Waals surface area contributed by atoms with E-state index < -0.39 is 0 Å². The molecule has 0 saturated heterocycles. The lowest BCUT2D eigenvalue weighted by atomic mass is 10.2. The molecule has 112 valence electrons. The molecule has 1 aromatic carbocycles. The zero-order chi connectivity index (χ0) is 15.1. The summed E-state index contributed by atoms with van der Waals surface area (Å²) in [5, 5.41) is 0. The minimum Gasteiger partial charge on any atom is -0.493 e. The molecule has 0 amide bonds. The van der Waals surface area contributed by atoms with E-state index in [0.29, 0.717) is 12.4 Å². The Hall–Kier alpha value is -2.07. The summed E-state index contributed by atoms with van der Waals surface area (Å²) in [6, 6.07) is 12.0. The van der Waals surface area contributed by atoms with E-state index in [1.165, 1.54) is 0 Å². The van der Waals surface area contributed by atoms with E-state index in [1.807, 2.05) is 36.4 Å². The molecule has 0 atom stereocenters. The van der Waals surface area contributed by atoms with Crippen LogP contribution >= 0.6 is 0 Å². The summed E-state index contributed by atoms with van der Waals surface area (Å²) in [6.45, 7) is 1.47. The van der Waals surface area contributed by atoms with Crippen LogP contribution < -0.4 is 9.47 Å². The van der Waals surface area contributed by atoms with Gasteiger partial charge in [-0.25, -0.2) is 0 Å². The second-order valence-electron chi connectivity index (χ2n) is 5.15. The molecular weight excluding hydrogens is 264 g/mol. The van der Waals surface area contributed by atoms with Crippen molar-refractivity contribution in [2.24, 2.45) is 0 Å². The minimum absolute atomic E-state index is 0.510. The van der Waals surface area contributed by atoms with Gasteiger partial charge in [-0.2, -0.15) is 0 Å². The van der Waals surface area contributed by atoms with Gasteiger partial charge in [0.05, 0.1) is 13.3 Å². The Morgan fingerprint density at radius 2 is 1.86 bits per heavy atom.